The van der Waals surface area contributed by atoms with Gasteiger partial charge < -0.3 is 4.42 Å². The van der Waals surface area contributed by atoms with Gasteiger partial charge in [-0.1, -0.05) is 140 Å². The van der Waals surface area contributed by atoms with Gasteiger partial charge in [0.05, 0.1) is 0 Å². The molecule has 0 aliphatic rings. The minimum atomic E-state index is 0.599. The molecule has 0 radical (unpaired) electrons. The Kier molecular flexibility index (Phi) is 6.15. The lowest BCUT2D eigenvalue weighted by atomic mass is 9.92. The van der Waals surface area contributed by atoms with Crippen molar-refractivity contribution in [3.05, 3.63) is 164 Å². The molecule has 0 atom stereocenters. The highest BCUT2D eigenvalue weighted by Gasteiger charge is 2.22. The van der Waals surface area contributed by atoms with Gasteiger partial charge in [0, 0.05) is 33.0 Å². The minimum absolute atomic E-state index is 0.599. The number of para-hydroxylation sites is 1. The fourth-order valence-electron chi connectivity index (χ4n) is 7.25. The van der Waals surface area contributed by atoms with Gasteiger partial charge in [0.25, 0.3) is 0 Å². The van der Waals surface area contributed by atoms with E-state index in [1.165, 1.54) is 21.5 Å². The summed E-state index contributed by atoms with van der Waals surface area (Å²) in [6.45, 7) is 0. The largest absolute Gasteiger partial charge is 0.455 e. The molecular formula is C45H27N3O. The summed E-state index contributed by atoms with van der Waals surface area (Å²) >= 11 is 0. The molecule has 8 aromatic carbocycles. The standard InChI is InChI=1S/C45H27N3O/c1-3-13-28(14-4-1)34-25-26-37(41-36-21-11-12-22-39(36)49-42(34)41)44-46-43(30-16-5-2-6-17-30)47-45(48-44)38-27-31-18-8-10-20-33(31)40-32-19-9-7-15-29(32)23-24-35(38)40/h1-27H. The molecular weight excluding hydrogens is 599 g/mol. The van der Waals surface area contributed by atoms with Crippen LogP contribution in [0.2, 0.25) is 0 Å². The molecule has 0 aliphatic heterocycles. The van der Waals surface area contributed by atoms with Crippen molar-refractivity contribution in [1.29, 1.82) is 0 Å². The van der Waals surface area contributed by atoms with Crippen molar-refractivity contribution < 1.29 is 4.42 Å². The molecule has 10 rings (SSSR count). The monoisotopic (exact) mass is 625 g/mol. The van der Waals surface area contributed by atoms with E-state index in [4.69, 9.17) is 19.4 Å². The Hall–Kier alpha value is -6.65. The summed E-state index contributed by atoms with van der Waals surface area (Å²) < 4.78 is 6.61. The molecule has 0 saturated heterocycles. The third-order valence-corrected chi connectivity index (χ3v) is 9.51. The van der Waals surface area contributed by atoms with Crippen LogP contribution in [-0.2, 0) is 0 Å². The Morgan fingerprint density at radius 3 is 1.69 bits per heavy atom. The quantitative estimate of drug-likeness (QED) is 0.183. The number of fused-ring (bicyclic) bond motifs is 8. The van der Waals surface area contributed by atoms with Crippen molar-refractivity contribution in [2.75, 3.05) is 0 Å². The molecule has 0 N–H and O–H groups in total. The summed E-state index contributed by atoms with van der Waals surface area (Å²) in [5.74, 6) is 1.85. The summed E-state index contributed by atoms with van der Waals surface area (Å²) in [7, 11) is 0. The maximum atomic E-state index is 6.61. The maximum absolute atomic E-state index is 6.61. The van der Waals surface area contributed by atoms with Crippen LogP contribution >= 0.6 is 0 Å². The predicted molar refractivity (Wildman–Crippen MR) is 201 cm³/mol. The van der Waals surface area contributed by atoms with Crippen LogP contribution in [0.25, 0.3) is 99.5 Å². The van der Waals surface area contributed by atoms with Crippen LogP contribution in [0, 0.1) is 0 Å². The fourth-order valence-corrected chi connectivity index (χ4v) is 7.25. The van der Waals surface area contributed by atoms with Gasteiger partial charge in [0.1, 0.15) is 11.2 Å². The Balaban J connectivity index is 1.31. The molecule has 0 spiro atoms. The molecule has 4 heteroatoms. The van der Waals surface area contributed by atoms with Gasteiger partial charge >= 0.3 is 0 Å². The summed E-state index contributed by atoms with van der Waals surface area (Å²) in [6, 6.07) is 56.8. The van der Waals surface area contributed by atoms with Gasteiger partial charge in [0.2, 0.25) is 0 Å². The lowest BCUT2D eigenvalue weighted by Gasteiger charge is -2.14. The Bertz CT molecular complexity index is 2860. The highest BCUT2D eigenvalue weighted by molar-refractivity contribution is 6.24. The average Bonchev–Trinajstić information content (AvgIpc) is 3.57. The molecule has 0 unspecified atom stereocenters. The molecule has 0 aliphatic carbocycles. The summed E-state index contributed by atoms with van der Waals surface area (Å²) in [6.07, 6.45) is 0. The lowest BCUT2D eigenvalue weighted by Crippen LogP contribution is -2.01. The molecule has 2 heterocycles. The van der Waals surface area contributed by atoms with Gasteiger partial charge in [-0.2, -0.15) is 0 Å². The molecule has 49 heavy (non-hydrogen) atoms. The SMILES string of the molecule is c1ccc(-c2nc(-c3cc4ccccc4c4c3ccc3ccccc34)nc(-c3ccc(-c4ccccc4)c4oc5ccccc5c34)n2)cc1. The number of furan rings is 1. The van der Waals surface area contributed by atoms with Crippen LogP contribution in [0.3, 0.4) is 0 Å². The summed E-state index contributed by atoms with van der Waals surface area (Å²) in [5, 5.41) is 9.07. The highest BCUT2D eigenvalue weighted by atomic mass is 16.3. The third-order valence-electron chi connectivity index (χ3n) is 9.51. The summed E-state index contributed by atoms with van der Waals surface area (Å²) in [5.41, 5.74) is 6.56. The minimum Gasteiger partial charge on any atom is -0.455 e. The van der Waals surface area contributed by atoms with E-state index in [0.29, 0.717) is 17.5 Å². The molecule has 2 aromatic heterocycles. The second kappa shape index (κ2) is 11.0. The van der Waals surface area contributed by atoms with Crippen molar-refractivity contribution in [3.63, 3.8) is 0 Å². The topological polar surface area (TPSA) is 51.8 Å². The molecule has 10 aromatic rings. The number of hydrogen-bond acceptors (Lipinski definition) is 4. The van der Waals surface area contributed by atoms with Gasteiger partial charge in [-0.15, -0.1) is 0 Å². The summed E-state index contributed by atoms with van der Waals surface area (Å²) in [4.78, 5) is 15.7. The van der Waals surface area contributed by atoms with E-state index in [1.807, 2.05) is 36.4 Å². The first kappa shape index (κ1) is 27.5. The zero-order valence-corrected chi connectivity index (χ0v) is 26.3. The molecule has 0 amide bonds. The van der Waals surface area contributed by atoms with Gasteiger partial charge in [-0.05, 0) is 62.1 Å². The van der Waals surface area contributed by atoms with E-state index >= 15 is 0 Å². The molecule has 228 valence electrons. The van der Waals surface area contributed by atoms with E-state index in [9.17, 15) is 0 Å². The first-order valence-electron chi connectivity index (χ1n) is 16.5. The first-order chi connectivity index (χ1) is 24.3. The van der Waals surface area contributed by atoms with Crippen molar-refractivity contribution in [1.82, 2.24) is 15.0 Å². The maximum Gasteiger partial charge on any atom is 0.164 e. The number of aromatic nitrogens is 3. The van der Waals surface area contributed by atoms with Crippen molar-refractivity contribution in [3.8, 4) is 45.3 Å². The van der Waals surface area contributed by atoms with Crippen molar-refractivity contribution in [2.24, 2.45) is 0 Å². The third kappa shape index (κ3) is 4.42. The number of rotatable bonds is 4. The van der Waals surface area contributed by atoms with Gasteiger partial charge in [-0.3, -0.25) is 0 Å². The Morgan fingerprint density at radius 2 is 0.918 bits per heavy atom. The van der Waals surface area contributed by atoms with Crippen LogP contribution in [0.4, 0.5) is 0 Å². The van der Waals surface area contributed by atoms with Crippen LogP contribution in [0.15, 0.2) is 168 Å². The van der Waals surface area contributed by atoms with E-state index in [1.54, 1.807) is 0 Å². The van der Waals surface area contributed by atoms with Gasteiger partial charge in [0.15, 0.2) is 17.5 Å². The number of hydrogen-bond donors (Lipinski definition) is 0. The fraction of sp³-hybridized carbons (Fsp3) is 0. The van der Waals surface area contributed by atoms with E-state index < -0.39 is 0 Å². The molecule has 4 nitrogen and oxygen atoms in total. The second-order valence-corrected chi connectivity index (χ2v) is 12.4. The number of benzene rings is 8. The van der Waals surface area contributed by atoms with Crippen LogP contribution in [-0.4, -0.2) is 15.0 Å². The smallest absolute Gasteiger partial charge is 0.164 e. The predicted octanol–water partition coefficient (Wildman–Crippen LogP) is 11.9. The average molecular weight is 626 g/mol. The number of nitrogens with zero attached hydrogens (tertiary/aromatic N) is 3. The first-order valence-corrected chi connectivity index (χ1v) is 16.5. The Labute approximate surface area is 282 Å². The normalized spacial score (nSPS) is 11.7. The Morgan fingerprint density at radius 1 is 0.347 bits per heavy atom. The van der Waals surface area contributed by atoms with E-state index in [0.717, 1.165) is 60.5 Å². The zero-order chi connectivity index (χ0) is 32.3. The zero-order valence-electron chi connectivity index (χ0n) is 26.3. The van der Waals surface area contributed by atoms with Crippen LogP contribution in [0.5, 0.6) is 0 Å². The highest BCUT2D eigenvalue weighted by Crippen LogP contribution is 2.43. The molecule has 0 saturated carbocycles. The van der Waals surface area contributed by atoms with Crippen LogP contribution < -0.4 is 0 Å². The van der Waals surface area contributed by atoms with E-state index in [-0.39, 0.29) is 0 Å². The van der Waals surface area contributed by atoms with Crippen molar-refractivity contribution in [2.45, 2.75) is 0 Å². The van der Waals surface area contributed by atoms with E-state index in [2.05, 4.69) is 127 Å². The second-order valence-electron chi connectivity index (χ2n) is 12.4. The van der Waals surface area contributed by atoms with Crippen molar-refractivity contribution >= 4 is 54.3 Å². The van der Waals surface area contributed by atoms with Gasteiger partial charge in [-0.25, -0.2) is 15.0 Å². The van der Waals surface area contributed by atoms with Crippen LogP contribution in [0.1, 0.15) is 0 Å². The molecule has 0 bridgehead atoms. The molecule has 0 fully saturated rings. The lowest BCUT2D eigenvalue weighted by molar-refractivity contribution is 0.670.